The largest absolute Gasteiger partial charge is 0.378 e. The monoisotopic (exact) mass is 315 g/mol. The van der Waals surface area contributed by atoms with Crippen molar-refractivity contribution in [3.05, 3.63) is 50.1 Å². The van der Waals surface area contributed by atoms with Gasteiger partial charge in [0, 0.05) is 16.2 Å². The molecule has 0 aliphatic rings. The lowest BCUT2D eigenvalue weighted by Crippen LogP contribution is -2.05. The number of anilines is 1. The van der Waals surface area contributed by atoms with E-state index < -0.39 is 0 Å². The molecule has 16 heavy (non-hydrogen) atoms. The zero-order valence-electron chi connectivity index (χ0n) is 8.71. The molecule has 4 heteroatoms. The van der Waals surface area contributed by atoms with Gasteiger partial charge in [-0.1, -0.05) is 11.6 Å². The Morgan fingerprint density at radius 1 is 1.38 bits per heavy atom. The summed E-state index contributed by atoms with van der Waals surface area (Å²) in [7, 11) is 0. The standard InChI is InChI=1S/C12H11BrClNS/c1-8(9-4-5-16-7-9)15-10-2-3-12(14)11(13)6-10/h2-8,15H,1H3. The van der Waals surface area contributed by atoms with Crippen molar-refractivity contribution in [2.45, 2.75) is 13.0 Å². The summed E-state index contributed by atoms with van der Waals surface area (Å²) in [5, 5.41) is 8.40. The van der Waals surface area contributed by atoms with Crippen molar-refractivity contribution in [2.75, 3.05) is 5.32 Å². The van der Waals surface area contributed by atoms with Crippen LogP contribution in [0.3, 0.4) is 0 Å². The van der Waals surface area contributed by atoms with Crippen LogP contribution in [0.4, 0.5) is 5.69 Å². The first-order chi connectivity index (χ1) is 7.66. The third kappa shape index (κ3) is 2.78. The Morgan fingerprint density at radius 2 is 2.19 bits per heavy atom. The lowest BCUT2D eigenvalue weighted by Gasteiger charge is -2.14. The highest BCUT2D eigenvalue weighted by Crippen LogP contribution is 2.28. The van der Waals surface area contributed by atoms with Gasteiger partial charge in [-0.3, -0.25) is 0 Å². The fourth-order valence-corrected chi connectivity index (χ4v) is 2.69. The molecule has 0 radical (unpaired) electrons. The first-order valence-corrected chi connectivity index (χ1v) is 7.02. The molecule has 0 amide bonds. The van der Waals surface area contributed by atoms with E-state index in [9.17, 15) is 0 Å². The predicted octanol–water partition coefficient (Wildman–Crippen LogP) is 5.34. The first-order valence-electron chi connectivity index (χ1n) is 4.90. The maximum absolute atomic E-state index is 5.94. The van der Waals surface area contributed by atoms with Gasteiger partial charge >= 0.3 is 0 Å². The molecule has 1 aromatic carbocycles. The smallest absolute Gasteiger partial charge is 0.0549 e. The Balaban J connectivity index is 2.12. The molecule has 0 spiro atoms. The second-order valence-electron chi connectivity index (χ2n) is 3.55. The van der Waals surface area contributed by atoms with Crippen molar-refractivity contribution in [3.8, 4) is 0 Å². The fourth-order valence-electron chi connectivity index (χ4n) is 1.44. The molecule has 1 aromatic heterocycles. The topological polar surface area (TPSA) is 12.0 Å². The zero-order valence-corrected chi connectivity index (χ0v) is 11.9. The van der Waals surface area contributed by atoms with E-state index >= 15 is 0 Å². The van der Waals surface area contributed by atoms with Crippen LogP contribution in [0.25, 0.3) is 0 Å². The van der Waals surface area contributed by atoms with Crippen LogP contribution in [0.15, 0.2) is 39.5 Å². The van der Waals surface area contributed by atoms with Gasteiger partial charge in [-0.25, -0.2) is 0 Å². The Bertz CT molecular complexity index is 470. The zero-order chi connectivity index (χ0) is 11.5. The SMILES string of the molecule is CC(Nc1ccc(Cl)c(Br)c1)c1ccsc1. The average molecular weight is 317 g/mol. The fraction of sp³-hybridized carbons (Fsp3) is 0.167. The first kappa shape index (κ1) is 12.0. The summed E-state index contributed by atoms with van der Waals surface area (Å²) in [5.41, 5.74) is 2.37. The number of hydrogen-bond donors (Lipinski definition) is 1. The minimum Gasteiger partial charge on any atom is -0.378 e. The molecule has 0 aliphatic carbocycles. The summed E-state index contributed by atoms with van der Waals surface area (Å²) < 4.78 is 0.914. The maximum Gasteiger partial charge on any atom is 0.0549 e. The lowest BCUT2D eigenvalue weighted by atomic mass is 10.2. The van der Waals surface area contributed by atoms with E-state index in [1.165, 1.54) is 5.56 Å². The van der Waals surface area contributed by atoms with Crippen molar-refractivity contribution >= 4 is 44.6 Å². The number of nitrogens with one attached hydrogen (secondary N) is 1. The molecular formula is C12H11BrClNS. The molecule has 0 bridgehead atoms. The van der Waals surface area contributed by atoms with Crippen LogP contribution < -0.4 is 5.32 Å². The number of rotatable bonds is 3. The molecule has 84 valence electrons. The Labute approximate surface area is 113 Å². The van der Waals surface area contributed by atoms with E-state index in [0.717, 1.165) is 15.2 Å². The number of halogens is 2. The molecule has 1 unspecified atom stereocenters. The summed E-state index contributed by atoms with van der Waals surface area (Å²) in [5.74, 6) is 0. The van der Waals surface area contributed by atoms with Gasteiger partial charge in [0.1, 0.15) is 0 Å². The van der Waals surface area contributed by atoms with Crippen LogP contribution in [0.2, 0.25) is 5.02 Å². The molecule has 1 N–H and O–H groups in total. The van der Waals surface area contributed by atoms with E-state index in [-0.39, 0.29) is 0 Å². The summed E-state index contributed by atoms with van der Waals surface area (Å²) in [4.78, 5) is 0. The average Bonchev–Trinajstić information content (AvgIpc) is 2.77. The quantitative estimate of drug-likeness (QED) is 0.806. The van der Waals surface area contributed by atoms with Gasteiger partial charge < -0.3 is 5.32 Å². The third-order valence-electron chi connectivity index (χ3n) is 2.35. The molecule has 2 aromatic rings. The number of thiophene rings is 1. The molecule has 0 saturated heterocycles. The molecule has 0 aliphatic heterocycles. The van der Waals surface area contributed by atoms with Crippen molar-refractivity contribution in [2.24, 2.45) is 0 Å². The third-order valence-corrected chi connectivity index (χ3v) is 4.26. The van der Waals surface area contributed by atoms with Crippen LogP contribution in [0.1, 0.15) is 18.5 Å². The van der Waals surface area contributed by atoms with Crippen molar-refractivity contribution < 1.29 is 0 Å². The van der Waals surface area contributed by atoms with Gasteiger partial charge in [-0.05, 0) is 63.4 Å². The van der Waals surface area contributed by atoms with Crippen LogP contribution in [-0.4, -0.2) is 0 Å². The lowest BCUT2D eigenvalue weighted by molar-refractivity contribution is 0.890. The molecule has 2 rings (SSSR count). The van der Waals surface area contributed by atoms with Gasteiger partial charge in [-0.2, -0.15) is 11.3 Å². The highest BCUT2D eigenvalue weighted by Gasteiger charge is 2.06. The highest BCUT2D eigenvalue weighted by molar-refractivity contribution is 9.10. The van der Waals surface area contributed by atoms with Gasteiger partial charge in [0.2, 0.25) is 0 Å². The van der Waals surface area contributed by atoms with Crippen molar-refractivity contribution in [1.29, 1.82) is 0 Å². The maximum atomic E-state index is 5.94. The molecule has 0 fully saturated rings. The van der Waals surface area contributed by atoms with E-state index in [1.807, 2.05) is 18.2 Å². The van der Waals surface area contributed by atoms with Crippen LogP contribution >= 0.6 is 38.9 Å². The molecule has 1 nitrogen and oxygen atoms in total. The summed E-state index contributed by atoms with van der Waals surface area (Å²) >= 11 is 11.1. The Hall–Kier alpha value is -0.510. The molecular weight excluding hydrogens is 306 g/mol. The number of hydrogen-bond acceptors (Lipinski definition) is 2. The summed E-state index contributed by atoms with van der Waals surface area (Å²) in [6.45, 7) is 2.14. The molecule has 1 heterocycles. The normalized spacial score (nSPS) is 12.4. The van der Waals surface area contributed by atoms with Crippen molar-refractivity contribution in [3.63, 3.8) is 0 Å². The molecule has 0 saturated carbocycles. The second kappa shape index (κ2) is 5.21. The van der Waals surface area contributed by atoms with E-state index in [2.05, 4.69) is 45.0 Å². The van der Waals surface area contributed by atoms with Crippen LogP contribution in [0.5, 0.6) is 0 Å². The highest BCUT2D eigenvalue weighted by atomic mass is 79.9. The van der Waals surface area contributed by atoms with Crippen molar-refractivity contribution in [1.82, 2.24) is 0 Å². The van der Waals surface area contributed by atoms with Gasteiger partial charge in [0.05, 0.1) is 5.02 Å². The second-order valence-corrected chi connectivity index (χ2v) is 5.59. The van der Waals surface area contributed by atoms with Crippen LogP contribution in [-0.2, 0) is 0 Å². The summed E-state index contributed by atoms with van der Waals surface area (Å²) in [6, 6.07) is 8.29. The number of benzene rings is 1. The van der Waals surface area contributed by atoms with Gasteiger partial charge in [-0.15, -0.1) is 0 Å². The molecule has 1 atom stereocenters. The van der Waals surface area contributed by atoms with E-state index in [1.54, 1.807) is 11.3 Å². The van der Waals surface area contributed by atoms with Gasteiger partial charge in [0.15, 0.2) is 0 Å². The minimum absolute atomic E-state index is 0.305. The predicted molar refractivity (Wildman–Crippen MR) is 75.5 cm³/mol. The van der Waals surface area contributed by atoms with E-state index in [4.69, 9.17) is 11.6 Å². The van der Waals surface area contributed by atoms with Gasteiger partial charge in [0.25, 0.3) is 0 Å². The Kier molecular flexibility index (Phi) is 3.90. The Morgan fingerprint density at radius 3 is 2.81 bits per heavy atom. The van der Waals surface area contributed by atoms with Crippen LogP contribution in [0, 0.1) is 0 Å². The summed E-state index contributed by atoms with van der Waals surface area (Å²) in [6.07, 6.45) is 0. The van der Waals surface area contributed by atoms with E-state index in [0.29, 0.717) is 6.04 Å². The minimum atomic E-state index is 0.305.